The molecule has 0 saturated carbocycles. The van der Waals surface area contributed by atoms with Gasteiger partial charge in [-0.05, 0) is 227 Å². The molecule has 1 nitrogen and oxygen atoms in total. The van der Waals surface area contributed by atoms with Gasteiger partial charge in [-0.2, -0.15) is 0 Å². The van der Waals surface area contributed by atoms with Crippen LogP contribution in [0.5, 0.6) is 0 Å². The molecule has 0 bridgehead atoms. The van der Waals surface area contributed by atoms with Crippen LogP contribution in [0.3, 0.4) is 0 Å². The van der Waals surface area contributed by atoms with E-state index in [0.717, 1.165) is 17.1 Å². The Morgan fingerprint density at radius 2 is 0.388 bits per heavy atom. The molecule has 0 atom stereocenters. The summed E-state index contributed by atoms with van der Waals surface area (Å²) in [5, 5.41) is 0. The number of hydrogen-bond acceptors (Lipinski definition) is 1. The predicted octanol–water partition coefficient (Wildman–Crippen LogP) is 24.5. The molecule has 0 saturated heterocycles. The summed E-state index contributed by atoms with van der Waals surface area (Å²) < 4.78 is 0. The van der Waals surface area contributed by atoms with Crippen LogP contribution in [0.4, 0.5) is 17.1 Å². The molecule has 0 aliphatic rings. The van der Waals surface area contributed by atoms with Crippen LogP contribution in [-0.2, 0) is 0 Å². The van der Waals surface area contributed by atoms with Gasteiger partial charge in [-0.3, -0.25) is 0 Å². The fraction of sp³-hybridized carbons (Fsp3) is 0.143. The third-order valence-corrected chi connectivity index (χ3v) is 17.3. The quantitative estimate of drug-likeness (QED) is 0.0989. The molecule has 12 rings (SSSR count). The molecule has 416 valence electrons. The van der Waals surface area contributed by atoms with Crippen molar-refractivity contribution in [2.75, 3.05) is 4.90 Å². The monoisotopic (exact) mass is 1100 g/mol. The zero-order valence-corrected chi connectivity index (χ0v) is 50.7. The summed E-state index contributed by atoms with van der Waals surface area (Å²) in [5.74, 6) is 1.42. The van der Waals surface area contributed by atoms with Crippen LogP contribution < -0.4 is 4.90 Å². The first kappa shape index (κ1) is 55.9. The van der Waals surface area contributed by atoms with Crippen molar-refractivity contribution in [1.82, 2.24) is 0 Å². The van der Waals surface area contributed by atoms with Crippen molar-refractivity contribution in [2.24, 2.45) is 0 Å². The van der Waals surface area contributed by atoms with Crippen LogP contribution in [0.1, 0.15) is 92.7 Å². The second-order valence-corrected chi connectivity index (χ2v) is 24.0. The zero-order chi connectivity index (χ0) is 58.7. The molecular weight excluding hydrogens is 1020 g/mol. The third-order valence-electron chi connectivity index (χ3n) is 17.3. The lowest BCUT2D eigenvalue weighted by molar-refractivity contribution is 0.867. The fourth-order valence-corrected chi connectivity index (χ4v) is 12.3. The lowest BCUT2D eigenvalue weighted by Gasteiger charge is -2.27. The highest BCUT2D eigenvalue weighted by molar-refractivity contribution is 5.93. The SMILES string of the molecule is Cc1cc(-c2ccccc2)c(-c2ccc(N(c3ccc(-c4cc(-c5ccc(C(C)C)cc5)c(C)cc4-c4ccccc4)cc3)c3ccc(-c4cc(-c5ccc(C(C)C)cc5)c(C)cc4-c4ccccc4)cc3)cc2)cc1-c1ccc(C(C)C)cc1. The molecule has 0 unspecified atom stereocenters. The van der Waals surface area contributed by atoms with Gasteiger partial charge in [0.05, 0.1) is 0 Å². The topological polar surface area (TPSA) is 3.24 Å². The lowest BCUT2D eigenvalue weighted by Crippen LogP contribution is -2.10. The van der Waals surface area contributed by atoms with Crippen LogP contribution in [0.25, 0.3) is 100 Å². The van der Waals surface area contributed by atoms with Crippen LogP contribution >= 0.6 is 0 Å². The third kappa shape index (κ3) is 11.7. The summed E-state index contributed by atoms with van der Waals surface area (Å²) in [4.78, 5) is 2.41. The number of benzene rings is 12. The molecule has 0 N–H and O–H groups in total. The second kappa shape index (κ2) is 24.3. The minimum absolute atomic E-state index is 0.472. The zero-order valence-electron chi connectivity index (χ0n) is 50.7. The number of nitrogens with zero attached hydrogens (tertiary/aromatic N) is 1. The Labute approximate surface area is 505 Å². The summed E-state index contributed by atoms with van der Waals surface area (Å²) in [7, 11) is 0. The van der Waals surface area contributed by atoms with Crippen LogP contribution in [0.2, 0.25) is 0 Å². The van der Waals surface area contributed by atoms with E-state index in [1.165, 1.54) is 134 Å². The molecule has 0 heterocycles. The van der Waals surface area contributed by atoms with Crippen LogP contribution in [0, 0.1) is 20.8 Å². The molecule has 0 fully saturated rings. The predicted molar refractivity (Wildman–Crippen MR) is 367 cm³/mol. The van der Waals surface area contributed by atoms with Crippen LogP contribution in [-0.4, -0.2) is 0 Å². The molecule has 0 radical (unpaired) electrons. The Bertz CT molecular complexity index is 3800. The number of rotatable bonds is 15. The van der Waals surface area contributed by atoms with Crippen LogP contribution in [0.15, 0.2) is 273 Å². The van der Waals surface area contributed by atoms with E-state index in [1.807, 2.05) is 0 Å². The highest BCUT2D eigenvalue weighted by atomic mass is 15.1. The molecule has 0 amide bonds. The summed E-state index contributed by atoms with van der Waals surface area (Å²) in [6.45, 7) is 20.3. The minimum Gasteiger partial charge on any atom is -0.311 e. The molecule has 12 aromatic rings. The average molecular weight is 1100 g/mol. The largest absolute Gasteiger partial charge is 0.311 e. The second-order valence-electron chi connectivity index (χ2n) is 24.0. The van der Waals surface area contributed by atoms with E-state index < -0.39 is 0 Å². The molecule has 1 heteroatoms. The summed E-state index contributed by atoms with van der Waals surface area (Å²) >= 11 is 0. The Kier molecular flexibility index (Phi) is 16.0. The van der Waals surface area contributed by atoms with Crippen molar-refractivity contribution in [1.29, 1.82) is 0 Å². The minimum atomic E-state index is 0.472. The van der Waals surface area contributed by atoms with Gasteiger partial charge in [0.1, 0.15) is 0 Å². The van der Waals surface area contributed by atoms with Crippen molar-refractivity contribution < 1.29 is 0 Å². The standard InChI is InChI=1S/C84H75N/c1-55(2)61-25-31-67(32-26-61)76-52-82(79(49-58(76)7)64-19-13-10-14-20-64)70-37-43-73(44-38-70)85(74-45-39-71(40-46-74)83-53-77(68-33-27-62(28-34-68)56(3)4)59(8)50-80(83)65-21-15-11-16-22-65)75-47-41-72(42-48-75)84-54-78(69-35-29-63(30-36-69)57(5)6)60(9)51-81(84)66-23-17-12-18-24-66/h10-57H,1-9H3. The van der Waals surface area contributed by atoms with Gasteiger partial charge in [-0.1, -0.05) is 260 Å². The van der Waals surface area contributed by atoms with Gasteiger partial charge in [-0.25, -0.2) is 0 Å². The van der Waals surface area contributed by atoms with Crippen molar-refractivity contribution in [3.8, 4) is 100 Å². The van der Waals surface area contributed by atoms with Crippen molar-refractivity contribution in [3.05, 3.63) is 306 Å². The highest BCUT2D eigenvalue weighted by Crippen LogP contribution is 2.45. The van der Waals surface area contributed by atoms with Gasteiger partial charge in [0, 0.05) is 17.1 Å². The smallest absolute Gasteiger partial charge is 0.0462 e. The molecule has 0 aromatic heterocycles. The highest BCUT2D eigenvalue weighted by Gasteiger charge is 2.20. The fourth-order valence-electron chi connectivity index (χ4n) is 12.3. The maximum absolute atomic E-state index is 2.41. The first-order valence-electron chi connectivity index (χ1n) is 30.4. The van der Waals surface area contributed by atoms with Gasteiger partial charge < -0.3 is 4.90 Å². The van der Waals surface area contributed by atoms with Gasteiger partial charge in [0.2, 0.25) is 0 Å². The lowest BCUT2D eigenvalue weighted by atomic mass is 9.87. The molecule has 85 heavy (non-hydrogen) atoms. The maximum atomic E-state index is 2.41. The average Bonchev–Trinajstić information content (AvgIpc) is 3.44. The van der Waals surface area contributed by atoms with E-state index in [0.29, 0.717) is 17.8 Å². The first-order chi connectivity index (χ1) is 41.3. The first-order valence-corrected chi connectivity index (χ1v) is 30.4. The number of hydrogen-bond donors (Lipinski definition) is 0. The van der Waals surface area contributed by atoms with Gasteiger partial charge >= 0.3 is 0 Å². The number of aryl methyl sites for hydroxylation is 3. The van der Waals surface area contributed by atoms with Gasteiger partial charge in [0.25, 0.3) is 0 Å². The summed E-state index contributed by atoms with van der Waals surface area (Å²) in [6.07, 6.45) is 0. The Morgan fingerprint density at radius 3 is 0.612 bits per heavy atom. The van der Waals surface area contributed by atoms with Crippen molar-refractivity contribution >= 4 is 17.1 Å². The van der Waals surface area contributed by atoms with E-state index in [9.17, 15) is 0 Å². The van der Waals surface area contributed by atoms with E-state index in [1.54, 1.807) is 0 Å². The maximum Gasteiger partial charge on any atom is 0.0462 e. The van der Waals surface area contributed by atoms with Crippen molar-refractivity contribution in [3.63, 3.8) is 0 Å². The molecule has 0 aliphatic carbocycles. The number of anilines is 3. The normalized spacial score (nSPS) is 11.4. The van der Waals surface area contributed by atoms with Crippen molar-refractivity contribution in [2.45, 2.75) is 80.1 Å². The summed E-state index contributed by atoms with van der Waals surface area (Å²) in [5.41, 5.74) is 32.8. The van der Waals surface area contributed by atoms with Gasteiger partial charge in [0.15, 0.2) is 0 Å². The molecule has 0 aliphatic heterocycles. The van der Waals surface area contributed by atoms with E-state index in [4.69, 9.17) is 0 Å². The Morgan fingerprint density at radius 1 is 0.200 bits per heavy atom. The van der Waals surface area contributed by atoms with E-state index in [-0.39, 0.29) is 0 Å². The Balaban J connectivity index is 0.988. The summed E-state index contributed by atoms with van der Waals surface area (Å²) in [6, 6.07) is 102. The van der Waals surface area contributed by atoms with Gasteiger partial charge in [-0.15, -0.1) is 0 Å². The van der Waals surface area contributed by atoms with E-state index >= 15 is 0 Å². The molecule has 12 aromatic carbocycles. The Hall–Kier alpha value is -9.56. The van der Waals surface area contributed by atoms with E-state index in [2.05, 4.69) is 340 Å². The molecule has 0 spiro atoms. The molecular formula is C84H75N.